The lowest BCUT2D eigenvalue weighted by molar-refractivity contribution is -0.140. The molecule has 204 valence electrons. The lowest BCUT2D eigenvalue weighted by Gasteiger charge is -2.25. The summed E-state index contributed by atoms with van der Waals surface area (Å²) >= 11 is 0. The second-order valence-corrected chi connectivity index (χ2v) is 11.3. The molecule has 4 rings (SSSR count). The summed E-state index contributed by atoms with van der Waals surface area (Å²) in [5, 5.41) is 11.3. The van der Waals surface area contributed by atoms with Crippen LogP contribution in [-0.4, -0.2) is 68.8 Å². The van der Waals surface area contributed by atoms with Crippen LogP contribution in [0.25, 0.3) is 5.76 Å². The Balaban J connectivity index is 1.78. The van der Waals surface area contributed by atoms with E-state index in [-0.39, 0.29) is 22.6 Å². The summed E-state index contributed by atoms with van der Waals surface area (Å²) in [7, 11) is 0.709. The predicted molar refractivity (Wildman–Crippen MR) is 146 cm³/mol. The fourth-order valence-corrected chi connectivity index (χ4v) is 5.26. The zero-order valence-electron chi connectivity index (χ0n) is 21.9. The second kappa shape index (κ2) is 11.8. The number of aliphatic hydroxyl groups excluding tert-OH is 1. The number of nitrogens with zero attached hydrogens (tertiary/aromatic N) is 2. The summed E-state index contributed by atoms with van der Waals surface area (Å²) in [6.45, 7) is 0.609. The number of hydrogen-bond donors (Lipinski definition) is 1. The molecule has 1 atom stereocenters. The van der Waals surface area contributed by atoms with E-state index in [2.05, 4.69) is 0 Å². The molecule has 1 aliphatic rings. The van der Waals surface area contributed by atoms with Crippen molar-refractivity contribution < 1.29 is 32.6 Å². The molecule has 3 aromatic rings. The molecule has 0 aliphatic carbocycles. The molecule has 39 heavy (non-hydrogen) atoms. The molecule has 0 radical (unpaired) electrons. The molecule has 1 N–H and O–H groups in total. The molecule has 1 fully saturated rings. The van der Waals surface area contributed by atoms with Crippen LogP contribution in [-0.2, 0) is 24.3 Å². The Kier molecular flexibility index (Phi) is 8.49. The first kappa shape index (κ1) is 28.0. The lowest BCUT2D eigenvalue weighted by atomic mass is 9.95. The fraction of sp³-hybridized carbons (Fsp3) is 0.241. The van der Waals surface area contributed by atoms with Crippen LogP contribution in [0, 0.1) is 0 Å². The average molecular weight is 551 g/mol. The summed E-state index contributed by atoms with van der Waals surface area (Å²) in [4.78, 5) is 27.9. The fourth-order valence-electron chi connectivity index (χ4n) is 4.36. The molecule has 1 amide bonds. The van der Waals surface area contributed by atoms with E-state index in [1.807, 2.05) is 30.3 Å². The minimum absolute atomic E-state index is 0.0337. The first-order valence-corrected chi connectivity index (χ1v) is 13.7. The van der Waals surface area contributed by atoms with Crippen molar-refractivity contribution in [1.29, 1.82) is 0 Å². The van der Waals surface area contributed by atoms with Gasteiger partial charge in [0.1, 0.15) is 17.3 Å². The summed E-state index contributed by atoms with van der Waals surface area (Å²) in [5.41, 5.74) is 0.704. The van der Waals surface area contributed by atoms with Crippen LogP contribution in [0.5, 0.6) is 11.5 Å². The van der Waals surface area contributed by atoms with Crippen LogP contribution in [0.15, 0.2) is 89.3 Å². The van der Waals surface area contributed by atoms with Gasteiger partial charge in [-0.1, -0.05) is 30.3 Å². The van der Waals surface area contributed by atoms with Crippen molar-refractivity contribution in [2.45, 2.75) is 17.4 Å². The van der Waals surface area contributed by atoms with E-state index < -0.39 is 33.5 Å². The highest BCUT2D eigenvalue weighted by atomic mass is 32.2. The average Bonchev–Trinajstić information content (AvgIpc) is 3.18. The number of methoxy groups -OCH3 is 1. The van der Waals surface area contributed by atoms with Crippen LogP contribution in [0.4, 0.5) is 0 Å². The molecule has 0 aromatic heterocycles. The number of amides is 1. The monoisotopic (exact) mass is 550 g/mol. The number of ketones is 1. The van der Waals surface area contributed by atoms with E-state index in [0.717, 1.165) is 4.31 Å². The Morgan fingerprint density at radius 1 is 0.949 bits per heavy atom. The molecule has 0 bridgehead atoms. The lowest BCUT2D eigenvalue weighted by Crippen LogP contribution is -2.31. The third-order valence-electron chi connectivity index (χ3n) is 6.35. The van der Waals surface area contributed by atoms with Crippen molar-refractivity contribution in [3.8, 4) is 11.5 Å². The topological polar surface area (TPSA) is 113 Å². The normalized spacial score (nSPS) is 17.1. The van der Waals surface area contributed by atoms with Crippen LogP contribution in [0.1, 0.15) is 23.6 Å². The van der Waals surface area contributed by atoms with E-state index in [1.165, 1.54) is 43.3 Å². The molecule has 9 nitrogen and oxygen atoms in total. The zero-order chi connectivity index (χ0) is 28.2. The standard InChI is InChI=1S/C29H30N2O7S/c1-30(2)39(35,36)24-15-13-20(14-16-24)27(32)25-26(31(17-8-18-37-3)29(34)28(25)33)21-9-7-12-23(19-21)38-22-10-5-4-6-11-22/h4-7,9-16,19,26,32H,8,17-18H2,1-3H3/b27-25+. The molecular formula is C29H30N2O7S. The van der Waals surface area contributed by atoms with Gasteiger partial charge >= 0.3 is 0 Å². The molecule has 3 aromatic carbocycles. The van der Waals surface area contributed by atoms with Gasteiger partial charge in [0.25, 0.3) is 11.7 Å². The maximum Gasteiger partial charge on any atom is 0.295 e. The number of hydrogen-bond acceptors (Lipinski definition) is 7. The molecule has 1 unspecified atom stereocenters. The number of carbonyl (C=O) groups excluding carboxylic acids is 2. The molecule has 1 heterocycles. The summed E-state index contributed by atoms with van der Waals surface area (Å²) in [6.07, 6.45) is 0.483. The Morgan fingerprint density at radius 3 is 2.26 bits per heavy atom. The Labute approximate surface area is 227 Å². The van der Waals surface area contributed by atoms with E-state index >= 15 is 0 Å². The molecule has 0 saturated carbocycles. The van der Waals surface area contributed by atoms with E-state index in [4.69, 9.17) is 9.47 Å². The van der Waals surface area contributed by atoms with E-state index in [1.54, 1.807) is 31.4 Å². The Hall–Kier alpha value is -3.99. The number of ether oxygens (including phenoxy) is 2. The van der Waals surface area contributed by atoms with Crippen molar-refractivity contribution in [3.05, 3.63) is 95.6 Å². The number of aliphatic hydroxyl groups is 1. The maximum absolute atomic E-state index is 13.3. The summed E-state index contributed by atoms with van der Waals surface area (Å²) < 4.78 is 37.1. The van der Waals surface area contributed by atoms with Gasteiger partial charge in [0.05, 0.1) is 16.5 Å². The van der Waals surface area contributed by atoms with Crippen molar-refractivity contribution >= 4 is 27.5 Å². The number of rotatable bonds is 10. The SMILES string of the molecule is COCCCN1C(=O)C(=O)/C(=C(/O)c2ccc(S(=O)(=O)N(C)C)cc2)C1c1cccc(Oc2ccccc2)c1. The largest absolute Gasteiger partial charge is 0.507 e. The van der Waals surface area contributed by atoms with E-state index in [9.17, 15) is 23.1 Å². The maximum atomic E-state index is 13.3. The van der Waals surface area contributed by atoms with Crippen molar-refractivity contribution in [2.75, 3.05) is 34.4 Å². The van der Waals surface area contributed by atoms with Gasteiger partial charge in [-0.2, -0.15) is 0 Å². The number of sulfonamides is 1. The third kappa shape index (κ3) is 5.88. The minimum atomic E-state index is -3.68. The number of benzene rings is 3. The minimum Gasteiger partial charge on any atom is -0.507 e. The van der Waals surface area contributed by atoms with Gasteiger partial charge in [-0.05, 0) is 60.5 Å². The number of carbonyl (C=O) groups is 2. The summed E-state index contributed by atoms with van der Waals surface area (Å²) in [5.74, 6) is -0.833. The predicted octanol–water partition coefficient (Wildman–Crippen LogP) is 4.19. The third-order valence-corrected chi connectivity index (χ3v) is 8.18. The molecular weight excluding hydrogens is 520 g/mol. The first-order chi connectivity index (χ1) is 18.6. The molecule has 1 saturated heterocycles. The van der Waals surface area contributed by atoms with Gasteiger partial charge in [0.15, 0.2) is 0 Å². The highest BCUT2D eigenvalue weighted by Gasteiger charge is 2.46. The smallest absolute Gasteiger partial charge is 0.295 e. The van der Waals surface area contributed by atoms with Crippen LogP contribution < -0.4 is 4.74 Å². The van der Waals surface area contributed by atoms with Gasteiger partial charge in [-0.3, -0.25) is 9.59 Å². The van der Waals surface area contributed by atoms with E-state index in [0.29, 0.717) is 30.1 Å². The quantitative estimate of drug-likeness (QED) is 0.174. The van der Waals surface area contributed by atoms with Gasteiger partial charge in [-0.15, -0.1) is 0 Å². The highest BCUT2D eigenvalue weighted by molar-refractivity contribution is 7.89. The number of likely N-dealkylation sites (tertiary alicyclic amines) is 1. The molecule has 10 heteroatoms. The second-order valence-electron chi connectivity index (χ2n) is 9.14. The zero-order valence-corrected chi connectivity index (χ0v) is 22.7. The Morgan fingerprint density at radius 2 is 1.62 bits per heavy atom. The van der Waals surface area contributed by atoms with Crippen LogP contribution in [0.3, 0.4) is 0 Å². The Bertz CT molecular complexity index is 1480. The molecule has 0 spiro atoms. The van der Waals surface area contributed by atoms with Gasteiger partial charge in [0.2, 0.25) is 10.0 Å². The van der Waals surface area contributed by atoms with Gasteiger partial charge in [-0.25, -0.2) is 12.7 Å². The number of para-hydroxylation sites is 1. The van der Waals surface area contributed by atoms with Crippen molar-refractivity contribution in [2.24, 2.45) is 0 Å². The first-order valence-electron chi connectivity index (χ1n) is 12.3. The van der Waals surface area contributed by atoms with Crippen molar-refractivity contribution in [1.82, 2.24) is 9.21 Å². The van der Waals surface area contributed by atoms with Gasteiger partial charge < -0.3 is 19.5 Å². The number of Topliss-reactive ketones (excluding diaryl/α,β-unsaturated/α-hetero) is 1. The van der Waals surface area contributed by atoms with Crippen LogP contribution >= 0.6 is 0 Å². The van der Waals surface area contributed by atoms with Crippen molar-refractivity contribution in [3.63, 3.8) is 0 Å². The highest BCUT2D eigenvalue weighted by Crippen LogP contribution is 2.40. The van der Waals surface area contributed by atoms with Crippen LogP contribution in [0.2, 0.25) is 0 Å². The molecule has 1 aliphatic heterocycles. The summed E-state index contributed by atoms with van der Waals surface area (Å²) in [6, 6.07) is 20.8. The van der Waals surface area contributed by atoms with Gasteiger partial charge in [0, 0.05) is 39.9 Å².